The molecule has 0 amide bonds. The number of aliphatic hydroxyl groups is 1. The van der Waals surface area contributed by atoms with Crippen molar-refractivity contribution in [1.29, 1.82) is 0 Å². The number of rotatable bonds is 2. The Balaban J connectivity index is 1.82. The van der Waals surface area contributed by atoms with E-state index >= 15 is 0 Å². The normalized spacial score (nSPS) is 16.8. The summed E-state index contributed by atoms with van der Waals surface area (Å²) in [6, 6.07) is 10.4. The van der Waals surface area contributed by atoms with Gasteiger partial charge in [-0.3, -0.25) is 0 Å². The third-order valence-corrected chi connectivity index (χ3v) is 6.03. The number of fused-ring (bicyclic) bond motifs is 1. The van der Waals surface area contributed by atoms with Crippen molar-refractivity contribution in [3.63, 3.8) is 0 Å². The highest BCUT2D eigenvalue weighted by molar-refractivity contribution is 9.10. The fourth-order valence-corrected chi connectivity index (χ4v) is 4.37. The Morgan fingerprint density at radius 2 is 1.89 bits per heavy atom. The predicted molar refractivity (Wildman–Crippen MR) is 79.3 cm³/mol. The molecular formula is C14H12BrClOS. The van der Waals surface area contributed by atoms with Gasteiger partial charge in [0.05, 0.1) is 6.10 Å². The maximum absolute atomic E-state index is 10.5. The average molecular weight is 344 g/mol. The second-order valence-electron chi connectivity index (χ2n) is 4.65. The smallest absolute Gasteiger partial charge is 0.107 e. The minimum absolute atomic E-state index is 0.268. The highest BCUT2D eigenvalue weighted by Gasteiger charge is 2.29. The zero-order valence-electron chi connectivity index (χ0n) is 9.57. The van der Waals surface area contributed by atoms with E-state index in [4.69, 9.17) is 11.6 Å². The Bertz CT molecular complexity index is 536. The number of aliphatic hydroxyl groups excluding tert-OH is 1. The van der Waals surface area contributed by atoms with Gasteiger partial charge in [-0.25, -0.2) is 0 Å². The number of hydrogen-bond acceptors (Lipinski definition) is 2. The van der Waals surface area contributed by atoms with E-state index < -0.39 is 6.10 Å². The van der Waals surface area contributed by atoms with Crippen LogP contribution >= 0.6 is 38.9 Å². The number of hydrogen-bond donors (Lipinski definition) is 1. The van der Waals surface area contributed by atoms with Crippen LogP contribution in [0, 0.1) is 5.92 Å². The molecule has 0 aliphatic heterocycles. The van der Waals surface area contributed by atoms with Gasteiger partial charge in [-0.1, -0.05) is 35.9 Å². The molecule has 1 atom stereocenters. The second kappa shape index (κ2) is 4.97. The minimum atomic E-state index is -0.425. The molecule has 0 radical (unpaired) electrons. The van der Waals surface area contributed by atoms with Gasteiger partial charge in [-0.05, 0) is 51.9 Å². The van der Waals surface area contributed by atoms with Gasteiger partial charge in [0.2, 0.25) is 0 Å². The lowest BCUT2D eigenvalue weighted by atomic mass is 9.98. The maximum Gasteiger partial charge on any atom is 0.107 e. The Kier molecular flexibility index (Phi) is 3.50. The van der Waals surface area contributed by atoms with Crippen LogP contribution in [0.1, 0.15) is 22.1 Å². The van der Waals surface area contributed by atoms with Crippen LogP contribution in [-0.2, 0) is 12.8 Å². The maximum atomic E-state index is 10.5. The molecule has 3 rings (SSSR count). The Morgan fingerprint density at radius 1 is 1.28 bits per heavy atom. The quantitative estimate of drug-likeness (QED) is 0.844. The fraction of sp³-hybridized carbons (Fsp3) is 0.286. The van der Waals surface area contributed by atoms with Crippen LogP contribution in [0.5, 0.6) is 0 Å². The first-order valence-electron chi connectivity index (χ1n) is 5.84. The van der Waals surface area contributed by atoms with Gasteiger partial charge in [-0.15, -0.1) is 11.3 Å². The van der Waals surface area contributed by atoms with E-state index in [1.54, 1.807) is 0 Å². The molecule has 1 unspecified atom stereocenters. The summed E-state index contributed by atoms with van der Waals surface area (Å²) in [4.78, 5) is 0.949. The van der Waals surface area contributed by atoms with Crippen LogP contribution in [0.4, 0.5) is 0 Å². The molecule has 1 N–H and O–H groups in total. The van der Waals surface area contributed by atoms with Crippen molar-refractivity contribution in [2.24, 2.45) is 5.92 Å². The van der Waals surface area contributed by atoms with Crippen molar-refractivity contribution in [3.05, 3.63) is 55.1 Å². The third kappa shape index (κ3) is 2.25. The van der Waals surface area contributed by atoms with Crippen LogP contribution in [0.3, 0.4) is 0 Å². The van der Waals surface area contributed by atoms with Gasteiger partial charge in [0.1, 0.15) is 4.34 Å². The lowest BCUT2D eigenvalue weighted by Crippen LogP contribution is -2.11. The summed E-state index contributed by atoms with van der Waals surface area (Å²) in [5, 5.41) is 10.5. The summed E-state index contributed by atoms with van der Waals surface area (Å²) in [7, 11) is 0. The largest absolute Gasteiger partial charge is 0.387 e. The molecule has 0 bridgehead atoms. The summed E-state index contributed by atoms with van der Waals surface area (Å²) in [5.74, 6) is 0.268. The Morgan fingerprint density at radius 3 is 2.39 bits per heavy atom. The first kappa shape index (κ1) is 12.7. The molecule has 1 heterocycles. The molecule has 0 saturated carbocycles. The van der Waals surface area contributed by atoms with Crippen LogP contribution in [0.25, 0.3) is 0 Å². The van der Waals surface area contributed by atoms with E-state index in [0.29, 0.717) is 4.34 Å². The van der Waals surface area contributed by atoms with Crippen LogP contribution in [-0.4, -0.2) is 5.11 Å². The van der Waals surface area contributed by atoms with E-state index in [2.05, 4.69) is 40.2 Å². The standard InChI is InChI=1S/C14H12BrClOS/c15-11-7-12(18-14(11)16)13(17)10-5-8-3-1-2-4-9(8)6-10/h1-4,7,10,13,17H,5-6H2. The van der Waals surface area contributed by atoms with Gasteiger partial charge in [-0.2, -0.15) is 0 Å². The van der Waals surface area contributed by atoms with Crippen molar-refractivity contribution in [3.8, 4) is 0 Å². The summed E-state index contributed by atoms with van der Waals surface area (Å²) in [6.07, 6.45) is 1.47. The summed E-state index contributed by atoms with van der Waals surface area (Å²) < 4.78 is 1.58. The van der Waals surface area contributed by atoms with Crippen LogP contribution < -0.4 is 0 Å². The summed E-state index contributed by atoms with van der Waals surface area (Å²) in [5.41, 5.74) is 2.73. The summed E-state index contributed by atoms with van der Waals surface area (Å²) in [6.45, 7) is 0. The molecule has 94 valence electrons. The van der Waals surface area contributed by atoms with Gasteiger partial charge < -0.3 is 5.11 Å². The number of benzene rings is 1. The highest BCUT2D eigenvalue weighted by Crippen LogP contribution is 2.41. The monoisotopic (exact) mass is 342 g/mol. The topological polar surface area (TPSA) is 20.2 Å². The molecular weight excluding hydrogens is 332 g/mol. The first-order valence-corrected chi connectivity index (χ1v) is 7.83. The Labute approximate surface area is 124 Å². The van der Waals surface area contributed by atoms with E-state index in [1.807, 2.05) is 6.07 Å². The van der Waals surface area contributed by atoms with E-state index in [1.165, 1.54) is 22.5 Å². The van der Waals surface area contributed by atoms with Gasteiger partial charge in [0.25, 0.3) is 0 Å². The number of thiophene rings is 1. The zero-order valence-corrected chi connectivity index (χ0v) is 12.7. The average Bonchev–Trinajstić information content (AvgIpc) is 2.93. The van der Waals surface area contributed by atoms with Crippen LogP contribution in [0.2, 0.25) is 4.34 Å². The second-order valence-corrected chi connectivity index (χ2v) is 7.19. The molecule has 1 nitrogen and oxygen atoms in total. The predicted octanol–water partition coefficient (Wildman–Crippen LogP) is 4.61. The molecule has 2 aromatic rings. The van der Waals surface area contributed by atoms with Crippen molar-refractivity contribution < 1.29 is 5.11 Å². The van der Waals surface area contributed by atoms with Gasteiger partial charge in [0, 0.05) is 9.35 Å². The van der Waals surface area contributed by atoms with Crippen molar-refractivity contribution in [2.75, 3.05) is 0 Å². The molecule has 0 spiro atoms. The lowest BCUT2D eigenvalue weighted by Gasteiger charge is -2.15. The van der Waals surface area contributed by atoms with Crippen molar-refractivity contribution >= 4 is 38.9 Å². The first-order chi connectivity index (χ1) is 8.65. The minimum Gasteiger partial charge on any atom is -0.387 e. The highest BCUT2D eigenvalue weighted by atomic mass is 79.9. The fourth-order valence-electron chi connectivity index (χ4n) is 2.56. The molecule has 4 heteroatoms. The van der Waals surface area contributed by atoms with Gasteiger partial charge in [0.15, 0.2) is 0 Å². The van der Waals surface area contributed by atoms with E-state index in [9.17, 15) is 5.11 Å². The lowest BCUT2D eigenvalue weighted by molar-refractivity contribution is 0.117. The van der Waals surface area contributed by atoms with E-state index in [0.717, 1.165) is 22.2 Å². The Hall–Kier alpha value is -0.350. The summed E-state index contributed by atoms with van der Waals surface area (Å²) >= 11 is 10.9. The van der Waals surface area contributed by atoms with Gasteiger partial charge >= 0.3 is 0 Å². The molecule has 1 aromatic heterocycles. The molecule has 1 aromatic carbocycles. The van der Waals surface area contributed by atoms with Crippen molar-refractivity contribution in [1.82, 2.24) is 0 Å². The number of halogens is 2. The molecule has 18 heavy (non-hydrogen) atoms. The van der Waals surface area contributed by atoms with E-state index in [-0.39, 0.29) is 5.92 Å². The van der Waals surface area contributed by atoms with Crippen LogP contribution in [0.15, 0.2) is 34.8 Å². The molecule has 1 aliphatic carbocycles. The molecule has 0 saturated heterocycles. The SMILES string of the molecule is OC(c1cc(Br)c(Cl)s1)C1Cc2ccccc2C1. The van der Waals surface area contributed by atoms with Crippen molar-refractivity contribution in [2.45, 2.75) is 18.9 Å². The third-order valence-electron chi connectivity index (χ3n) is 3.48. The zero-order chi connectivity index (χ0) is 12.7. The molecule has 1 aliphatic rings. The molecule has 0 fully saturated rings.